The van der Waals surface area contributed by atoms with Gasteiger partial charge in [0.1, 0.15) is 5.75 Å². The number of anilines is 1. The van der Waals surface area contributed by atoms with Gasteiger partial charge in [0.05, 0.1) is 5.75 Å². The zero-order valence-electron chi connectivity index (χ0n) is 16.2. The van der Waals surface area contributed by atoms with E-state index in [0.717, 1.165) is 12.1 Å². The quantitative estimate of drug-likeness (QED) is 0.448. The first-order valence-corrected chi connectivity index (χ1v) is 10.6. The molecular formula is C21H22ClN3O3S. The van der Waals surface area contributed by atoms with Gasteiger partial charge in [0.15, 0.2) is 6.61 Å². The second-order valence-electron chi connectivity index (χ2n) is 6.47. The van der Waals surface area contributed by atoms with E-state index < -0.39 is 0 Å². The van der Waals surface area contributed by atoms with Crippen molar-refractivity contribution >= 4 is 35.0 Å². The van der Waals surface area contributed by atoms with Gasteiger partial charge in [-0.25, -0.2) is 0 Å². The maximum atomic E-state index is 12.1. The maximum Gasteiger partial charge on any atom is 0.277 e. The van der Waals surface area contributed by atoms with Gasteiger partial charge >= 0.3 is 0 Å². The minimum atomic E-state index is -0.136. The van der Waals surface area contributed by atoms with Crippen molar-refractivity contribution < 1.29 is 13.9 Å². The number of benzene rings is 2. The van der Waals surface area contributed by atoms with Crippen molar-refractivity contribution in [3.63, 3.8) is 0 Å². The Morgan fingerprint density at radius 2 is 1.90 bits per heavy atom. The molecule has 0 aliphatic carbocycles. The fourth-order valence-electron chi connectivity index (χ4n) is 2.49. The van der Waals surface area contributed by atoms with Crippen molar-refractivity contribution in [2.75, 3.05) is 11.1 Å². The third-order valence-electron chi connectivity index (χ3n) is 4.33. The van der Waals surface area contributed by atoms with Crippen LogP contribution in [0.1, 0.15) is 37.6 Å². The third-order valence-corrected chi connectivity index (χ3v) is 5.40. The predicted octanol–water partition coefficient (Wildman–Crippen LogP) is 5.55. The first-order valence-electron chi connectivity index (χ1n) is 9.27. The van der Waals surface area contributed by atoms with E-state index in [1.54, 1.807) is 24.3 Å². The van der Waals surface area contributed by atoms with E-state index in [2.05, 4.69) is 29.4 Å². The van der Waals surface area contributed by atoms with Crippen LogP contribution in [0.3, 0.4) is 0 Å². The zero-order valence-corrected chi connectivity index (χ0v) is 17.8. The third kappa shape index (κ3) is 6.51. The molecule has 1 N–H and O–H groups in total. The van der Waals surface area contributed by atoms with E-state index in [9.17, 15) is 4.79 Å². The molecule has 1 heterocycles. The second-order valence-corrected chi connectivity index (χ2v) is 7.84. The van der Waals surface area contributed by atoms with Gasteiger partial charge in [0.25, 0.3) is 11.1 Å². The van der Waals surface area contributed by atoms with Crippen molar-refractivity contribution in [2.45, 2.75) is 38.0 Å². The number of amides is 1. The number of rotatable bonds is 9. The molecule has 1 atom stereocenters. The Labute approximate surface area is 179 Å². The van der Waals surface area contributed by atoms with Crippen LogP contribution >= 0.6 is 23.4 Å². The summed E-state index contributed by atoms with van der Waals surface area (Å²) in [7, 11) is 0. The summed E-state index contributed by atoms with van der Waals surface area (Å²) in [6.07, 6.45) is 1.08. The lowest BCUT2D eigenvalue weighted by atomic mass is 9.99. The number of carbonyl (C=O) groups excluding carboxylic acids is 1. The van der Waals surface area contributed by atoms with Gasteiger partial charge in [-0.2, -0.15) is 0 Å². The number of nitrogens with zero attached hydrogens (tertiary/aromatic N) is 2. The first-order chi connectivity index (χ1) is 14.0. The van der Waals surface area contributed by atoms with Crippen LogP contribution in [0.5, 0.6) is 5.75 Å². The molecule has 0 aliphatic rings. The van der Waals surface area contributed by atoms with Gasteiger partial charge in [-0.1, -0.05) is 49.3 Å². The SMILES string of the molecule is CCC(C)c1ccc(NC(=O)CSc2nnc(COc3ccc(Cl)cc3)o2)cc1. The normalized spacial score (nSPS) is 11.8. The highest BCUT2D eigenvalue weighted by molar-refractivity contribution is 7.99. The van der Waals surface area contributed by atoms with Gasteiger partial charge in [-0.15, -0.1) is 10.2 Å². The average Bonchev–Trinajstić information content (AvgIpc) is 3.20. The molecule has 0 bridgehead atoms. The fraction of sp³-hybridized carbons (Fsp3) is 0.286. The Balaban J connectivity index is 1.44. The van der Waals surface area contributed by atoms with Crippen molar-refractivity contribution in [3.05, 3.63) is 65.0 Å². The monoisotopic (exact) mass is 431 g/mol. The Morgan fingerprint density at radius 1 is 1.17 bits per heavy atom. The second kappa shape index (κ2) is 10.3. The number of thioether (sulfide) groups is 1. The highest BCUT2D eigenvalue weighted by Gasteiger charge is 2.11. The molecule has 0 saturated heterocycles. The Morgan fingerprint density at radius 3 is 2.59 bits per heavy atom. The molecule has 29 heavy (non-hydrogen) atoms. The summed E-state index contributed by atoms with van der Waals surface area (Å²) >= 11 is 7.02. The van der Waals surface area contributed by atoms with Crippen LogP contribution in [0.15, 0.2) is 58.2 Å². The lowest BCUT2D eigenvalue weighted by Gasteiger charge is -2.10. The fourth-order valence-corrected chi connectivity index (χ4v) is 3.19. The maximum absolute atomic E-state index is 12.1. The largest absolute Gasteiger partial charge is 0.484 e. The number of nitrogens with one attached hydrogen (secondary N) is 1. The molecule has 1 amide bonds. The van der Waals surface area contributed by atoms with Crippen molar-refractivity contribution in [3.8, 4) is 5.75 Å². The number of carbonyl (C=O) groups is 1. The minimum Gasteiger partial charge on any atom is -0.484 e. The van der Waals surface area contributed by atoms with E-state index in [-0.39, 0.29) is 18.3 Å². The molecule has 0 radical (unpaired) electrons. The highest BCUT2D eigenvalue weighted by atomic mass is 35.5. The van der Waals surface area contributed by atoms with E-state index in [0.29, 0.717) is 27.8 Å². The number of hydrogen-bond donors (Lipinski definition) is 1. The standard InChI is InChI=1S/C21H22ClN3O3S/c1-3-14(2)15-4-8-17(9-5-15)23-19(26)13-29-21-25-24-20(28-21)12-27-18-10-6-16(22)7-11-18/h4-11,14H,3,12-13H2,1-2H3,(H,23,26). The summed E-state index contributed by atoms with van der Waals surface area (Å²) in [6.45, 7) is 4.48. The van der Waals surface area contributed by atoms with E-state index in [1.165, 1.54) is 17.3 Å². The van der Waals surface area contributed by atoms with Crippen molar-refractivity contribution in [1.29, 1.82) is 0 Å². The van der Waals surface area contributed by atoms with Gasteiger partial charge < -0.3 is 14.5 Å². The zero-order chi connectivity index (χ0) is 20.6. The summed E-state index contributed by atoms with van der Waals surface area (Å²) in [4.78, 5) is 12.1. The molecule has 152 valence electrons. The average molecular weight is 432 g/mol. The molecule has 2 aromatic carbocycles. The molecule has 0 fully saturated rings. The van der Waals surface area contributed by atoms with Crippen LogP contribution in [-0.4, -0.2) is 21.9 Å². The minimum absolute atomic E-state index is 0.136. The summed E-state index contributed by atoms with van der Waals surface area (Å²) < 4.78 is 11.0. The Bertz CT molecular complexity index is 929. The molecule has 3 rings (SSSR count). The van der Waals surface area contributed by atoms with Gasteiger partial charge in [0.2, 0.25) is 5.91 Å². The van der Waals surface area contributed by atoms with E-state index in [1.807, 2.05) is 24.3 Å². The highest BCUT2D eigenvalue weighted by Crippen LogP contribution is 2.22. The van der Waals surface area contributed by atoms with Gasteiger partial charge in [0, 0.05) is 10.7 Å². The smallest absolute Gasteiger partial charge is 0.277 e. The number of ether oxygens (including phenoxy) is 1. The Kier molecular flexibility index (Phi) is 7.55. The van der Waals surface area contributed by atoms with Crippen LogP contribution in [0.4, 0.5) is 5.69 Å². The van der Waals surface area contributed by atoms with Crippen molar-refractivity contribution in [1.82, 2.24) is 10.2 Å². The molecule has 3 aromatic rings. The number of halogens is 1. The van der Waals surface area contributed by atoms with Gasteiger partial charge in [-0.05, 0) is 54.3 Å². The van der Waals surface area contributed by atoms with Crippen LogP contribution < -0.4 is 10.1 Å². The Hall–Kier alpha value is -2.51. The number of hydrogen-bond acceptors (Lipinski definition) is 6. The van der Waals surface area contributed by atoms with Crippen LogP contribution in [-0.2, 0) is 11.4 Å². The lowest BCUT2D eigenvalue weighted by molar-refractivity contribution is -0.113. The van der Waals surface area contributed by atoms with Crippen LogP contribution in [0.2, 0.25) is 5.02 Å². The predicted molar refractivity (Wildman–Crippen MR) is 115 cm³/mol. The van der Waals surface area contributed by atoms with Gasteiger partial charge in [-0.3, -0.25) is 4.79 Å². The molecule has 8 heteroatoms. The van der Waals surface area contributed by atoms with Crippen LogP contribution in [0.25, 0.3) is 0 Å². The molecule has 6 nitrogen and oxygen atoms in total. The summed E-state index contributed by atoms with van der Waals surface area (Å²) in [5.41, 5.74) is 2.03. The lowest BCUT2D eigenvalue weighted by Crippen LogP contribution is -2.14. The molecular weight excluding hydrogens is 410 g/mol. The first kappa shape index (κ1) is 21.2. The summed E-state index contributed by atoms with van der Waals surface area (Å²) in [5.74, 6) is 1.53. The van der Waals surface area contributed by atoms with E-state index >= 15 is 0 Å². The molecule has 0 saturated carbocycles. The van der Waals surface area contributed by atoms with Crippen molar-refractivity contribution in [2.24, 2.45) is 0 Å². The summed E-state index contributed by atoms with van der Waals surface area (Å²) in [6, 6.07) is 14.9. The molecule has 1 aromatic heterocycles. The van der Waals surface area contributed by atoms with E-state index in [4.69, 9.17) is 20.8 Å². The summed E-state index contributed by atoms with van der Waals surface area (Å²) in [5, 5.41) is 11.7. The molecule has 0 aliphatic heterocycles. The van der Waals surface area contributed by atoms with Crippen LogP contribution in [0, 0.1) is 0 Å². The molecule has 1 unspecified atom stereocenters. The topological polar surface area (TPSA) is 77.2 Å². The number of aromatic nitrogens is 2. The molecule has 0 spiro atoms.